The Bertz CT molecular complexity index is 1270. The van der Waals surface area contributed by atoms with Crippen LogP contribution in [-0.4, -0.2) is 37.0 Å². The van der Waals surface area contributed by atoms with Gasteiger partial charge >= 0.3 is 5.76 Å². The zero-order chi connectivity index (χ0) is 20.0. The summed E-state index contributed by atoms with van der Waals surface area (Å²) >= 11 is 0. The van der Waals surface area contributed by atoms with Gasteiger partial charge in [0, 0.05) is 12.5 Å². The summed E-state index contributed by atoms with van der Waals surface area (Å²) in [6.07, 6.45) is 1.61. The van der Waals surface area contributed by atoms with Crippen molar-refractivity contribution in [1.82, 2.24) is 19.4 Å². The van der Waals surface area contributed by atoms with Gasteiger partial charge in [0.2, 0.25) is 5.91 Å². The van der Waals surface area contributed by atoms with Crippen LogP contribution >= 0.6 is 0 Å². The number of carbonyl (C=O) groups excluding carboxylic acids is 1. The molecule has 0 saturated heterocycles. The highest BCUT2D eigenvalue weighted by Gasteiger charge is 2.32. The molecule has 2 N–H and O–H groups in total. The van der Waals surface area contributed by atoms with E-state index in [9.17, 15) is 14.7 Å². The first-order valence-corrected chi connectivity index (χ1v) is 9.27. The van der Waals surface area contributed by atoms with Gasteiger partial charge in [-0.15, -0.1) is 0 Å². The summed E-state index contributed by atoms with van der Waals surface area (Å²) in [6.45, 7) is 0.685. The highest BCUT2D eigenvalue weighted by Crippen LogP contribution is 2.33. The summed E-state index contributed by atoms with van der Waals surface area (Å²) in [7, 11) is 0. The minimum absolute atomic E-state index is 0.105. The second kappa shape index (κ2) is 6.66. The van der Waals surface area contributed by atoms with Crippen molar-refractivity contribution < 1.29 is 14.3 Å². The number of rotatable bonds is 3. The number of benzene rings is 2. The molecule has 1 aliphatic rings. The maximum atomic E-state index is 13.1. The maximum absolute atomic E-state index is 13.1. The van der Waals surface area contributed by atoms with Gasteiger partial charge in [0.05, 0.1) is 29.8 Å². The first kappa shape index (κ1) is 17.3. The molecule has 0 fully saturated rings. The summed E-state index contributed by atoms with van der Waals surface area (Å²) in [5.74, 6) is -0.745. The van der Waals surface area contributed by atoms with E-state index in [1.165, 1.54) is 4.57 Å². The summed E-state index contributed by atoms with van der Waals surface area (Å²) < 4.78 is 6.58. The molecule has 0 aliphatic carbocycles. The molecule has 3 heterocycles. The Hall–Kier alpha value is -3.81. The van der Waals surface area contributed by atoms with Gasteiger partial charge in [-0.05, 0) is 29.8 Å². The number of hydrogen-bond acceptors (Lipinski definition) is 5. The lowest BCUT2D eigenvalue weighted by Crippen LogP contribution is -2.41. The van der Waals surface area contributed by atoms with E-state index >= 15 is 0 Å². The molecule has 1 atom stereocenters. The maximum Gasteiger partial charge on any atom is 0.420 e. The predicted octanol–water partition coefficient (Wildman–Crippen LogP) is 2.20. The van der Waals surface area contributed by atoms with Gasteiger partial charge in [-0.25, -0.2) is 9.78 Å². The summed E-state index contributed by atoms with van der Waals surface area (Å²) in [5, 5.41) is 9.86. The second-order valence-corrected chi connectivity index (χ2v) is 7.11. The zero-order valence-corrected chi connectivity index (χ0v) is 15.4. The molecule has 8 heteroatoms. The number of phenols is 1. The number of carbonyl (C=O) groups is 1. The third kappa shape index (κ3) is 2.98. The lowest BCUT2D eigenvalue weighted by molar-refractivity contribution is -0.133. The molecule has 1 amide bonds. The van der Waals surface area contributed by atoms with Crippen LogP contribution in [0.2, 0.25) is 0 Å². The van der Waals surface area contributed by atoms with E-state index in [0.29, 0.717) is 24.2 Å². The van der Waals surface area contributed by atoms with Gasteiger partial charge in [0.1, 0.15) is 12.3 Å². The molecular weight excluding hydrogens is 372 g/mol. The number of nitrogens with zero attached hydrogens (tertiary/aromatic N) is 3. The summed E-state index contributed by atoms with van der Waals surface area (Å²) in [5.41, 5.74) is 3.64. The number of aromatic nitrogens is 3. The zero-order valence-electron chi connectivity index (χ0n) is 15.4. The standard InChI is InChI=1S/C21H18N4O4/c26-14-5-3-4-13(8-14)15-9-24(10-16-20(15)23-12-22-16)19(27)11-25-17-6-1-2-7-18(17)29-21(25)28/h1-8,12,15,26H,9-11H2,(H,22,23). The summed E-state index contributed by atoms with van der Waals surface area (Å²) in [6, 6.07) is 14.0. The van der Waals surface area contributed by atoms with Crippen molar-refractivity contribution in [2.24, 2.45) is 0 Å². The van der Waals surface area contributed by atoms with Crippen molar-refractivity contribution in [2.75, 3.05) is 6.54 Å². The van der Waals surface area contributed by atoms with Gasteiger partial charge in [-0.3, -0.25) is 9.36 Å². The fourth-order valence-electron chi connectivity index (χ4n) is 3.91. The molecule has 0 spiro atoms. The van der Waals surface area contributed by atoms with Crippen LogP contribution < -0.4 is 5.76 Å². The molecule has 0 bridgehead atoms. The van der Waals surface area contributed by atoms with Crippen molar-refractivity contribution in [2.45, 2.75) is 19.0 Å². The molecular formula is C21H18N4O4. The fraction of sp³-hybridized carbons (Fsp3) is 0.190. The van der Waals surface area contributed by atoms with E-state index in [4.69, 9.17) is 4.42 Å². The fourth-order valence-corrected chi connectivity index (χ4v) is 3.91. The molecule has 4 aromatic rings. The van der Waals surface area contributed by atoms with Crippen LogP contribution in [0.1, 0.15) is 22.9 Å². The predicted molar refractivity (Wildman–Crippen MR) is 104 cm³/mol. The van der Waals surface area contributed by atoms with E-state index < -0.39 is 5.76 Å². The number of aromatic amines is 1. The van der Waals surface area contributed by atoms with Crippen molar-refractivity contribution in [3.63, 3.8) is 0 Å². The molecule has 2 aromatic heterocycles. The van der Waals surface area contributed by atoms with Crippen LogP contribution in [0.5, 0.6) is 5.75 Å². The van der Waals surface area contributed by atoms with Crippen LogP contribution in [0.3, 0.4) is 0 Å². The second-order valence-electron chi connectivity index (χ2n) is 7.11. The topological polar surface area (TPSA) is 104 Å². The molecule has 1 aliphatic heterocycles. The lowest BCUT2D eigenvalue weighted by atomic mass is 9.90. The Labute approximate surface area is 165 Å². The minimum Gasteiger partial charge on any atom is -0.508 e. The van der Waals surface area contributed by atoms with Crippen LogP contribution in [0.15, 0.2) is 64.1 Å². The van der Waals surface area contributed by atoms with E-state index in [1.54, 1.807) is 53.7 Å². The molecule has 1 unspecified atom stereocenters. The first-order chi connectivity index (χ1) is 14.1. The molecule has 2 aromatic carbocycles. The number of aromatic hydroxyl groups is 1. The Morgan fingerprint density at radius 1 is 1.24 bits per heavy atom. The Morgan fingerprint density at radius 2 is 2.10 bits per heavy atom. The van der Waals surface area contributed by atoms with Crippen LogP contribution in [-0.2, 0) is 17.9 Å². The third-order valence-corrected chi connectivity index (χ3v) is 5.33. The van der Waals surface area contributed by atoms with Crippen molar-refractivity contribution in [3.8, 4) is 5.75 Å². The molecule has 146 valence electrons. The normalized spacial score (nSPS) is 16.1. The Balaban J connectivity index is 1.46. The highest BCUT2D eigenvalue weighted by molar-refractivity contribution is 5.80. The largest absolute Gasteiger partial charge is 0.508 e. The highest BCUT2D eigenvalue weighted by atomic mass is 16.4. The van der Waals surface area contributed by atoms with E-state index in [0.717, 1.165) is 17.0 Å². The van der Waals surface area contributed by atoms with E-state index in [1.807, 2.05) is 6.07 Å². The van der Waals surface area contributed by atoms with Gasteiger partial charge in [0.15, 0.2) is 5.58 Å². The number of imidazole rings is 1. The van der Waals surface area contributed by atoms with Gasteiger partial charge in [0.25, 0.3) is 0 Å². The molecule has 0 radical (unpaired) electrons. The van der Waals surface area contributed by atoms with E-state index in [2.05, 4.69) is 9.97 Å². The lowest BCUT2D eigenvalue weighted by Gasteiger charge is -2.32. The van der Waals surface area contributed by atoms with Gasteiger partial charge < -0.3 is 19.4 Å². The number of hydrogen-bond donors (Lipinski definition) is 2. The van der Waals surface area contributed by atoms with Crippen molar-refractivity contribution in [3.05, 3.63) is 82.4 Å². The Morgan fingerprint density at radius 3 is 2.97 bits per heavy atom. The van der Waals surface area contributed by atoms with E-state index in [-0.39, 0.29) is 24.1 Å². The Kier molecular flexibility index (Phi) is 3.97. The number of para-hydroxylation sites is 2. The number of phenolic OH excluding ortho intramolecular Hbond substituents is 1. The number of oxazole rings is 1. The SMILES string of the molecule is O=C(Cn1c(=O)oc2ccccc21)N1Cc2[nH]cnc2C(c2cccc(O)c2)C1. The smallest absolute Gasteiger partial charge is 0.420 e. The van der Waals surface area contributed by atoms with Gasteiger partial charge in [-0.1, -0.05) is 24.3 Å². The molecule has 0 saturated carbocycles. The molecule has 5 rings (SSSR count). The average molecular weight is 390 g/mol. The van der Waals surface area contributed by atoms with Crippen LogP contribution in [0.25, 0.3) is 11.1 Å². The monoisotopic (exact) mass is 390 g/mol. The summed E-state index contributed by atoms with van der Waals surface area (Å²) in [4.78, 5) is 34.5. The third-order valence-electron chi connectivity index (χ3n) is 5.33. The first-order valence-electron chi connectivity index (χ1n) is 9.27. The van der Waals surface area contributed by atoms with Gasteiger partial charge in [-0.2, -0.15) is 0 Å². The quantitative estimate of drug-likeness (QED) is 0.558. The van der Waals surface area contributed by atoms with Crippen LogP contribution in [0.4, 0.5) is 0 Å². The number of nitrogens with one attached hydrogen (secondary N) is 1. The van der Waals surface area contributed by atoms with Crippen molar-refractivity contribution >= 4 is 17.0 Å². The minimum atomic E-state index is -0.552. The average Bonchev–Trinajstić information content (AvgIpc) is 3.31. The molecule has 8 nitrogen and oxygen atoms in total. The molecule has 29 heavy (non-hydrogen) atoms. The van der Waals surface area contributed by atoms with Crippen LogP contribution in [0, 0.1) is 0 Å². The number of H-pyrrole nitrogens is 1. The van der Waals surface area contributed by atoms with Crippen molar-refractivity contribution in [1.29, 1.82) is 0 Å². The number of fused-ring (bicyclic) bond motifs is 2. The number of amides is 1.